The maximum atomic E-state index is 12.8. The van der Waals surface area contributed by atoms with E-state index in [0.29, 0.717) is 19.3 Å². The highest BCUT2D eigenvalue weighted by Gasteiger charge is 2.19. The normalized spacial score (nSPS) is 12.1. The van der Waals surface area contributed by atoms with Crippen LogP contribution >= 0.6 is 0 Å². The van der Waals surface area contributed by atoms with Gasteiger partial charge >= 0.3 is 17.9 Å². The first kappa shape index (κ1) is 62.9. The van der Waals surface area contributed by atoms with Crippen LogP contribution in [0.25, 0.3) is 0 Å². The summed E-state index contributed by atoms with van der Waals surface area (Å²) < 4.78 is 16.8. The Kier molecular flexibility index (Phi) is 52.7. The Bertz CT molecular complexity index is 1050. The summed E-state index contributed by atoms with van der Waals surface area (Å²) in [5.74, 6) is -0.872. The average Bonchev–Trinajstić information content (AvgIpc) is 3.30. The molecule has 382 valence electrons. The molecule has 6 nitrogen and oxygen atoms in total. The van der Waals surface area contributed by atoms with E-state index in [-0.39, 0.29) is 31.1 Å². The Hall–Kier alpha value is -2.11. The molecule has 0 amide bonds. The molecular formula is C59H110O6. The van der Waals surface area contributed by atoms with E-state index in [9.17, 15) is 14.4 Å². The lowest BCUT2D eigenvalue weighted by Gasteiger charge is -2.18. The summed E-state index contributed by atoms with van der Waals surface area (Å²) in [6.07, 6.45) is 63.3. The van der Waals surface area contributed by atoms with Crippen LogP contribution < -0.4 is 0 Å². The number of hydrogen-bond donors (Lipinski definition) is 0. The third-order valence-corrected chi connectivity index (χ3v) is 13.0. The monoisotopic (exact) mass is 915 g/mol. The van der Waals surface area contributed by atoms with Gasteiger partial charge in [-0.3, -0.25) is 14.4 Å². The molecule has 0 saturated heterocycles. The van der Waals surface area contributed by atoms with E-state index in [1.54, 1.807) is 0 Å². The van der Waals surface area contributed by atoms with Crippen LogP contribution in [0.15, 0.2) is 24.3 Å². The summed E-state index contributed by atoms with van der Waals surface area (Å²) in [6.45, 7) is 6.63. The maximum Gasteiger partial charge on any atom is 0.306 e. The largest absolute Gasteiger partial charge is 0.462 e. The molecule has 0 saturated carbocycles. The van der Waals surface area contributed by atoms with Gasteiger partial charge in [0.1, 0.15) is 13.2 Å². The second-order valence-electron chi connectivity index (χ2n) is 19.6. The zero-order valence-electron chi connectivity index (χ0n) is 43.8. The molecular weight excluding hydrogens is 805 g/mol. The van der Waals surface area contributed by atoms with Crippen molar-refractivity contribution in [2.45, 2.75) is 322 Å². The van der Waals surface area contributed by atoms with Gasteiger partial charge in [0.2, 0.25) is 0 Å². The van der Waals surface area contributed by atoms with Crippen molar-refractivity contribution in [2.24, 2.45) is 0 Å². The first-order valence-electron chi connectivity index (χ1n) is 28.8. The standard InChI is InChI=1S/C59H110O6/c1-4-7-10-13-16-19-21-23-25-27-28-29-30-31-32-33-35-36-38-40-43-46-49-52-58(61)64-55-56(54-63-57(60)51-48-45-42-18-15-12-9-6-3)65-59(62)53-50-47-44-41-39-37-34-26-24-22-20-17-14-11-8-5-2/h20,22,26,34,56H,4-19,21,23-25,27-33,35-55H2,1-3H3/b22-20-,34-26-. The van der Waals surface area contributed by atoms with Crippen LogP contribution in [0.3, 0.4) is 0 Å². The summed E-state index contributed by atoms with van der Waals surface area (Å²) in [5, 5.41) is 0. The van der Waals surface area contributed by atoms with Crippen molar-refractivity contribution < 1.29 is 28.6 Å². The van der Waals surface area contributed by atoms with Crippen molar-refractivity contribution >= 4 is 17.9 Å². The number of carbonyl (C=O) groups excluding carboxylic acids is 3. The first-order valence-corrected chi connectivity index (χ1v) is 28.8. The summed E-state index contributed by atoms with van der Waals surface area (Å²) in [4.78, 5) is 38.0. The Balaban J connectivity index is 4.16. The van der Waals surface area contributed by atoms with Crippen molar-refractivity contribution in [3.8, 4) is 0 Å². The molecule has 0 aromatic heterocycles. The van der Waals surface area contributed by atoms with Gasteiger partial charge in [-0.15, -0.1) is 0 Å². The lowest BCUT2D eigenvalue weighted by molar-refractivity contribution is -0.167. The third-order valence-electron chi connectivity index (χ3n) is 13.0. The van der Waals surface area contributed by atoms with Crippen LogP contribution in [0.5, 0.6) is 0 Å². The van der Waals surface area contributed by atoms with Crippen LogP contribution in [0.4, 0.5) is 0 Å². The van der Waals surface area contributed by atoms with E-state index in [2.05, 4.69) is 45.1 Å². The van der Waals surface area contributed by atoms with Crippen LogP contribution in [0, 0.1) is 0 Å². The molecule has 0 bridgehead atoms. The van der Waals surface area contributed by atoms with E-state index >= 15 is 0 Å². The van der Waals surface area contributed by atoms with Gasteiger partial charge in [0.15, 0.2) is 6.10 Å². The molecule has 0 aliphatic rings. The van der Waals surface area contributed by atoms with Crippen molar-refractivity contribution in [3.05, 3.63) is 24.3 Å². The van der Waals surface area contributed by atoms with E-state index < -0.39 is 6.10 Å². The Morgan fingerprint density at radius 3 is 0.862 bits per heavy atom. The number of carbonyl (C=O) groups is 3. The fourth-order valence-electron chi connectivity index (χ4n) is 8.59. The fourth-order valence-corrected chi connectivity index (χ4v) is 8.59. The predicted molar refractivity (Wildman–Crippen MR) is 279 cm³/mol. The van der Waals surface area contributed by atoms with Gasteiger partial charge in [0, 0.05) is 19.3 Å². The van der Waals surface area contributed by atoms with E-state index in [4.69, 9.17) is 14.2 Å². The van der Waals surface area contributed by atoms with Crippen LogP contribution in [0.2, 0.25) is 0 Å². The average molecular weight is 916 g/mol. The fraction of sp³-hybridized carbons (Fsp3) is 0.881. The zero-order chi connectivity index (χ0) is 47.2. The van der Waals surface area contributed by atoms with Crippen molar-refractivity contribution in [1.82, 2.24) is 0 Å². The van der Waals surface area contributed by atoms with Gasteiger partial charge in [-0.25, -0.2) is 0 Å². The van der Waals surface area contributed by atoms with E-state index in [1.165, 1.54) is 199 Å². The highest BCUT2D eigenvalue weighted by molar-refractivity contribution is 5.71. The molecule has 0 aliphatic heterocycles. The van der Waals surface area contributed by atoms with Crippen LogP contribution in [0.1, 0.15) is 316 Å². The number of unbranched alkanes of at least 4 members (excludes halogenated alkanes) is 38. The molecule has 1 unspecified atom stereocenters. The minimum Gasteiger partial charge on any atom is -0.462 e. The number of hydrogen-bond acceptors (Lipinski definition) is 6. The van der Waals surface area contributed by atoms with E-state index in [0.717, 1.165) is 77.0 Å². The van der Waals surface area contributed by atoms with Gasteiger partial charge in [-0.1, -0.05) is 270 Å². The molecule has 6 heteroatoms. The van der Waals surface area contributed by atoms with Gasteiger partial charge in [0.25, 0.3) is 0 Å². The van der Waals surface area contributed by atoms with Crippen LogP contribution in [-0.2, 0) is 28.6 Å². The van der Waals surface area contributed by atoms with Gasteiger partial charge in [-0.05, 0) is 51.4 Å². The summed E-state index contributed by atoms with van der Waals surface area (Å²) in [7, 11) is 0. The smallest absolute Gasteiger partial charge is 0.306 e. The molecule has 1 atom stereocenters. The molecule has 0 aliphatic carbocycles. The highest BCUT2D eigenvalue weighted by atomic mass is 16.6. The summed E-state index contributed by atoms with van der Waals surface area (Å²) >= 11 is 0. The Morgan fingerprint density at radius 1 is 0.308 bits per heavy atom. The molecule has 0 aromatic carbocycles. The molecule has 0 spiro atoms. The van der Waals surface area contributed by atoms with Gasteiger partial charge in [0.05, 0.1) is 0 Å². The second kappa shape index (κ2) is 54.5. The molecule has 65 heavy (non-hydrogen) atoms. The van der Waals surface area contributed by atoms with Crippen molar-refractivity contribution in [3.63, 3.8) is 0 Å². The number of ether oxygens (including phenoxy) is 3. The third kappa shape index (κ3) is 52.7. The quantitative estimate of drug-likeness (QED) is 0.0262. The molecule has 0 N–H and O–H groups in total. The second-order valence-corrected chi connectivity index (χ2v) is 19.6. The summed E-state index contributed by atoms with van der Waals surface area (Å²) in [5.41, 5.74) is 0. The minimum absolute atomic E-state index is 0.0722. The van der Waals surface area contributed by atoms with Gasteiger partial charge < -0.3 is 14.2 Å². The molecule has 0 aromatic rings. The molecule has 0 radical (unpaired) electrons. The minimum atomic E-state index is -0.772. The SMILES string of the molecule is CCCCCC/C=C\C/C=C\CCCCCCCC(=O)OC(COC(=O)CCCCCCCCCC)COC(=O)CCCCCCCCCCCCCCCCCCCCCCCCC. The van der Waals surface area contributed by atoms with Crippen molar-refractivity contribution in [2.75, 3.05) is 13.2 Å². The van der Waals surface area contributed by atoms with Gasteiger partial charge in [-0.2, -0.15) is 0 Å². The highest BCUT2D eigenvalue weighted by Crippen LogP contribution is 2.17. The Labute approximate surface area is 404 Å². The number of esters is 3. The Morgan fingerprint density at radius 2 is 0.554 bits per heavy atom. The zero-order valence-corrected chi connectivity index (χ0v) is 43.8. The van der Waals surface area contributed by atoms with Crippen molar-refractivity contribution in [1.29, 1.82) is 0 Å². The number of rotatable bonds is 53. The predicted octanol–water partition coefficient (Wildman–Crippen LogP) is 19.1. The van der Waals surface area contributed by atoms with Crippen LogP contribution in [-0.4, -0.2) is 37.2 Å². The topological polar surface area (TPSA) is 78.9 Å². The molecule has 0 rings (SSSR count). The first-order chi connectivity index (χ1) is 32.0. The van der Waals surface area contributed by atoms with E-state index in [1.807, 2.05) is 0 Å². The molecule has 0 heterocycles. The lowest BCUT2D eigenvalue weighted by Crippen LogP contribution is -2.30. The molecule has 0 fully saturated rings. The number of allylic oxidation sites excluding steroid dienone is 4. The maximum absolute atomic E-state index is 12.8. The summed E-state index contributed by atoms with van der Waals surface area (Å²) in [6, 6.07) is 0. The lowest BCUT2D eigenvalue weighted by atomic mass is 10.0.